The number of benzene rings is 2. The van der Waals surface area contributed by atoms with E-state index in [1.807, 2.05) is 43.3 Å². The molecule has 29 heavy (non-hydrogen) atoms. The molecule has 0 radical (unpaired) electrons. The van der Waals surface area contributed by atoms with Crippen molar-refractivity contribution in [3.05, 3.63) is 53.1 Å². The number of anilines is 1. The van der Waals surface area contributed by atoms with E-state index in [0.29, 0.717) is 35.5 Å². The standard InChI is InChI=1S/C20H24N4O4S/c1-3-28-24-19(21)12-4-6-15(7-5-12)23-17(20(22)29)13-8-14-10-26-11-27-18(14)16(9-13)25-2/h4-9,17,23H,3,10-11H2,1-2H3,(H2,21,24)(H2,22,29). The molecule has 0 saturated heterocycles. The Hall–Kier alpha value is -3.04. The number of rotatable bonds is 8. The number of amidine groups is 1. The van der Waals surface area contributed by atoms with Crippen molar-refractivity contribution < 1.29 is 19.0 Å². The lowest BCUT2D eigenvalue weighted by Gasteiger charge is -2.24. The number of hydrogen-bond acceptors (Lipinski definition) is 7. The van der Waals surface area contributed by atoms with Crippen LogP contribution in [0.5, 0.6) is 11.5 Å². The van der Waals surface area contributed by atoms with Crippen LogP contribution >= 0.6 is 12.2 Å². The molecule has 0 aliphatic carbocycles. The smallest absolute Gasteiger partial charge is 0.189 e. The number of thiocarbonyl (C=S) groups is 1. The minimum Gasteiger partial charge on any atom is -0.493 e. The van der Waals surface area contributed by atoms with E-state index >= 15 is 0 Å². The summed E-state index contributed by atoms with van der Waals surface area (Å²) in [7, 11) is 1.59. The Morgan fingerprint density at radius 2 is 2.03 bits per heavy atom. The molecule has 5 N–H and O–H groups in total. The van der Waals surface area contributed by atoms with E-state index < -0.39 is 6.04 Å². The quantitative estimate of drug-likeness (QED) is 0.261. The van der Waals surface area contributed by atoms with Crippen LogP contribution in [0, 0.1) is 0 Å². The fraction of sp³-hybridized carbons (Fsp3) is 0.300. The average molecular weight is 417 g/mol. The van der Waals surface area contributed by atoms with Crippen LogP contribution in [-0.4, -0.2) is 31.3 Å². The summed E-state index contributed by atoms with van der Waals surface area (Å²) >= 11 is 5.30. The molecule has 0 fully saturated rings. The van der Waals surface area contributed by atoms with Crippen LogP contribution in [0.1, 0.15) is 29.7 Å². The Bertz CT molecular complexity index is 885. The summed E-state index contributed by atoms with van der Waals surface area (Å²) in [6.07, 6.45) is 0. The van der Waals surface area contributed by atoms with Gasteiger partial charge in [0.05, 0.1) is 13.7 Å². The van der Waals surface area contributed by atoms with Crippen LogP contribution < -0.4 is 26.3 Å². The van der Waals surface area contributed by atoms with Gasteiger partial charge in [0.15, 0.2) is 24.1 Å². The predicted molar refractivity (Wildman–Crippen MR) is 115 cm³/mol. The molecular weight excluding hydrogens is 392 g/mol. The van der Waals surface area contributed by atoms with Crippen LogP contribution in [-0.2, 0) is 16.2 Å². The van der Waals surface area contributed by atoms with Crippen molar-refractivity contribution in [2.75, 3.05) is 25.8 Å². The zero-order valence-electron chi connectivity index (χ0n) is 16.3. The number of oxime groups is 1. The van der Waals surface area contributed by atoms with Crippen LogP contribution in [0.4, 0.5) is 5.69 Å². The molecule has 2 aromatic rings. The van der Waals surface area contributed by atoms with Gasteiger partial charge in [0.25, 0.3) is 0 Å². The second-order valence-electron chi connectivity index (χ2n) is 6.27. The van der Waals surface area contributed by atoms with Gasteiger partial charge < -0.3 is 35.8 Å². The first-order valence-electron chi connectivity index (χ1n) is 9.06. The molecule has 1 aliphatic rings. The molecule has 154 valence electrons. The highest BCUT2D eigenvalue weighted by Gasteiger charge is 2.22. The van der Waals surface area contributed by atoms with E-state index in [9.17, 15) is 0 Å². The Kier molecular flexibility index (Phi) is 6.73. The van der Waals surface area contributed by atoms with Gasteiger partial charge in [-0.15, -0.1) is 0 Å². The lowest BCUT2D eigenvalue weighted by atomic mass is 10.0. The Morgan fingerprint density at radius 1 is 1.28 bits per heavy atom. The number of nitrogens with two attached hydrogens (primary N) is 2. The number of hydrogen-bond donors (Lipinski definition) is 3. The molecule has 0 bridgehead atoms. The van der Waals surface area contributed by atoms with Gasteiger partial charge in [0.2, 0.25) is 0 Å². The molecule has 0 spiro atoms. The van der Waals surface area contributed by atoms with Crippen molar-refractivity contribution in [3.63, 3.8) is 0 Å². The molecule has 1 unspecified atom stereocenters. The summed E-state index contributed by atoms with van der Waals surface area (Å²) in [5.41, 5.74) is 15.2. The van der Waals surface area contributed by atoms with Crippen LogP contribution in [0.15, 0.2) is 41.6 Å². The van der Waals surface area contributed by atoms with E-state index in [0.717, 1.165) is 22.4 Å². The summed E-state index contributed by atoms with van der Waals surface area (Å²) in [5.74, 6) is 1.60. The van der Waals surface area contributed by atoms with Gasteiger partial charge in [-0.2, -0.15) is 0 Å². The first-order valence-corrected chi connectivity index (χ1v) is 9.47. The Labute approximate surface area is 174 Å². The van der Waals surface area contributed by atoms with Crippen molar-refractivity contribution in [2.24, 2.45) is 16.6 Å². The fourth-order valence-electron chi connectivity index (χ4n) is 2.93. The van der Waals surface area contributed by atoms with Crippen molar-refractivity contribution >= 4 is 28.7 Å². The average Bonchev–Trinajstić information content (AvgIpc) is 2.75. The number of nitrogens with one attached hydrogen (secondary N) is 1. The molecule has 3 rings (SSSR count). The van der Waals surface area contributed by atoms with Gasteiger partial charge in [0.1, 0.15) is 17.6 Å². The molecule has 2 aromatic carbocycles. The third-order valence-corrected chi connectivity index (χ3v) is 4.56. The first kappa shape index (κ1) is 20.7. The van der Waals surface area contributed by atoms with E-state index in [-0.39, 0.29) is 6.79 Å². The number of methoxy groups -OCH3 is 1. The van der Waals surface area contributed by atoms with Gasteiger partial charge >= 0.3 is 0 Å². The SMILES string of the molecule is CCO/N=C(\N)c1ccc(NC(C(N)=S)c2cc3c(c(OC)c2)OCOC3)cc1. The van der Waals surface area contributed by atoms with Gasteiger partial charge in [-0.1, -0.05) is 17.4 Å². The number of nitrogens with zero attached hydrogens (tertiary/aromatic N) is 1. The van der Waals surface area contributed by atoms with Crippen LogP contribution in [0.25, 0.3) is 0 Å². The maximum atomic E-state index is 6.03. The molecule has 1 heterocycles. The second-order valence-corrected chi connectivity index (χ2v) is 6.74. The maximum absolute atomic E-state index is 6.03. The maximum Gasteiger partial charge on any atom is 0.189 e. The highest BCUT2D eigenvalue weighted by atomic mass is 32.1. The minimum absolute atomic E-state index is 0.196. The molecule has 1 aliphatic heterocycles. The zero-order valence-corrected chi connectivity index (χ0v) is 17.1. The molecule has 0 amide bonds. The summed E-state index contributed by atoms with van der Waals surface area (Å²) < 4.78 is 16.4. The number of fused-ring (bicyclic) bond motifs is 1. The largest absolute Gasteiger partial charge is 0.493 e. The van der Waals surface area contributed by atoms with Crippen molar-refractivity contribution in [1.29, 1.82) is 0 Å². The van der Waals surface area contributed by atoms with Crippen molar-refractivity contribution in [3.8, 4) is 11.5 Å². The van der Waals surface area contributed by atoms with Crippen LogP contribution in [0.2, 0.25) is 0 Å². The van der Waals surface area contributed by atoms with E-state index in [1.165, 1.54) is 0 Å². The highest BCUT2D eigenvalue weighted by molar-refractivity contribution is 7.80. The summed E-state index contributed by atoms with van der Waals surface area (Å²) in [6, 6.07) is 10.8. The third kappa shape index (κ3) is 4.87. The Morgan fingerprint density at radius 3 is 2.69 bits per heavy atom. The van der Waals surface area contributed by atoms with Gasteiger partial charge in [-0.05, 0) is 48.9 Å². The topological polar surface area (TPSA) is 113 Å². The molecule has 8 nitrogen and oxygen atoms in total. The molecule has 0 aromatic heterocycles. The third-order valence-electron chi connectivity index (χ3n) is 4.32. The predicted octanol–water partition coefficient (Wildman–Crippen LogP) is 2.66. The Balaban J connectivity index is 1.85. The molecule has 0 saturated carbocycles. The lowest BCUT2D eigenvalue weighted by Crippen LogP contribution is -2.26. The van der Waals surface area contributed by atoms with E-state index in [4.69, 9.17) is 42.7 Å². The van der Waals surface area contributed by atoms with E-state index in [2.05, 4.69) is 10.5 Å². The fourth-order valence-corrected chi connectivity index (χ4v) is 3.13. The van der Waals surface area contributed by atoms with E-state index in [1.54, 1.807) is 7.11 Å². The second kappa shape index (κ2) is 9.44. The van der Waals surface area contributed by atoms with Gasteiger partial charge in [0, 0.05) is 16.8 Å². The van der Waals surface area contributed by atoms with Crippen molar-refractivity contribution in [1.82, 2.24) is 0 Å². The number of ether oxygens (including phenoxy) is 3. The summed E-state index contributed by atoms with van der Waals surface area (Å²) in [4.78, 5) is 5.28. The normalized spacial score (nSPS) is 14.3. The monoisotopic (exact) mass is 416 g/mol. The van der Waals surface area contributed by atoms with Crippen molar-refractivity contribution in [2.45, 2.75) is 19.6 Å². The molecule has 9 heteroatoms. The first-order chi connectivity index (χ1) is 14.0. The highest BCUT2D eigenvalue weighted by Crippen LogP contribution is 2.37. The van der Waals surface area contributed by atoms with Gasteiger partial charge in [-0.25, -0.2) is 0 Å². The summed E-state index contributed by atoms with van der Waals surface area (Å²) in [6.45, 7) is 2.92. The lowest BCUT2D eigenvalue weighted by molar-refractivity contribution is -0.0180. The van der Waals surface area contributed by atoms with Crippen LogP contribution in [0.3, 0.4) is 0 Å². The van der Waals surface area contributed by atoms with Gasteiger partial charge in [-0.3, -0.25) is 0 Å². The molecular formula is C20H24N4O4S. The zero-order chi connectivity index (χ0) is 20.8. The summed E-state index contributed by atoms with van der Waals surface area (Å²) in [5, 5.41) is 7.18. The minimum atomic E-state index is -0.411. The molecule has 1 atom stereocenters.